The fourth-order valence-corrected chi connectivity index (χ4v) is 1.33. The monoisotopic (exact) mass is 162 g/mol. The maximum Gasteiger partial charge on any atom is 0.0469 e. The molecule has 62 valence electrons. The summed E-state index contributed by atoms with van der Waals surface area (Å²) in [6.07, 6.45) is 1.02. The molecule has 0 aliphatic carbocycles. The Kier molecular flexibility index (Phi) is 5.18. The van der Waals surface area contributed by atoms with Crippen molar-refractivity contribution in [3.05, 3.63) is 0 Å². The summed E-state index contributed by atoms with van der Waals surface area (Å²) in [6.45, 7) is 6.63. The first-order valence-corrected chi connectivity index (χ1v) is 4.44. The van der Waals surface area contributed by atoms with Crippen molar-refractivity contribution in [1.82, 2.24) is 0 Å². The van der Waals surface area contributed by atoms with Crippen LogP contribution in [-0.4, -0.2) is 17.0 Å². The van der Waals surface area contributed by atoms with E-state index in [1.807, 2.05) is 0 Å². The minimum absolute atomic E-state index is 0.267. The van der Waals surface area contributed by atoms with E-state index in [0.29, 0.717) is 17.1 Å². The fourth-order valence-electron chi connectivity index (χ4n) is 1.02. The highest BCUT2D eigenvalue weighted by Crippen LogP contribution is 2.20. The number of rotatable bonds is 4. The van der Waals surface area contributed by atoms with Crippen molar-refractivity contribution in [3.63, 3.8) is 0 Å². The number of hydrogen-bond donors (Lipinski definition) is 2. The van der Waals surface area contributed by atoms with Crippen molar-refractivity contribution in [2.45, 2.75) is 32.4 Å². The van der Waals surface area contributed by atoms with Crippen LogP contribution in [0, 0.1) is 11.8 Å². The quantitative estimate of drug-likeness (QED) is 0.605. The topological polar surface area (TPSA) is 20.2 Å². The molecule has 2 atom stereocenters. The van der Waals surface area contributed by atoms with Gasteiger partial charge in [0.1, 0.15) is 0 Å². The van der Waals surface area contributed by atoms with Crippen molar-refractivity contribution in [1.29, 1.82) is 0 Å². The molecule has 0 amide bonds. The maximum atomic E-state index is 8.90. The van der Waals surface area contributed by atoms with Gasteiger partial charge in [0.2, 0.25) is 0 Å². The second-order valence-electron chi connectivity index (χ2n) is 3.09. The number of hydrogen-bond acceptors (Lipinski definition) is 2. The molecule has 0 bridgehead atoms. The zero-order valence-corrected chi connectivity index (χ0v) is 7.94. The lowest BCUT2D eigenvalue weighted by atomic mass is 9.95. The van der Waals surface area contributed by atoms with Crippen LogP contribution >= 0.6 is 12.6 Å². The fraction of sp³-hybridized carbons (Fsp3) is 1.00. The van der Waals surface area contributed by atoms with E-state index in [1.54, 1.807) is 0 Å². The van der Waals surface area contributed by atoms with Crippen LogP contribution in [0.1, 0.15) is 27.2 Å². The van der Waals surface area contributed by atoms with Crippen LogP contribution in [0.25, 0.3) is 0 Å². The molecule has 0 aliphatic heterocycles. The first-order valence-electron chi connectivity index (χ1n) is 3.92. The molecule has 0 fully saturated rings. The predicted molar refractivity (Wildman–Crippen MR) is 48.5 cm³/mol. The third kappa shape index (κ3) is 2.93. The molecule has 0 aromatic rings. The Balaban J connectivity index is 3.76. The largest absolute Gasteiger partial charge is 0.396 e. The third-order valence-electron chi connectivity index (χ3n) is 1.92. The molecule has 10 heavy (non-hydrogen) atoms. The first-order chi connectivity index (χ1) is 4.63. The van der Waals surface area contributed by atoms with E-state index < -0.39 is 0 Å². The molecule has 0 rings (SSSR count). The van der Waals surface area contributed by atoms with Gasteiger partial charge in [-0.05, 0) is 11.8 Å². The van der Waals surface area contributed by atoms with Crippen LogP contribution in [0.3, 0.4) is 0 Å². The second-order valence-corrected chi connectivity index (χ2v) is 3.68. The Morgan fingerprint density at radius 2 is 1.90 bits per heavy atom. The maximum absolute atomic E-state index is 8.90. The van der Waals surface area contributed by atoms with Gasteiger partial charge in [0.05, 0.1) is 0 Å². The van der Waals surface area contributed by atoms with Gasteiger partial charge in [0.15, 0.2) is 0 Å². The molecule has 0 aromatic carbocycles. The predicted octanol–water partition coefficient (Wildman–Crippen LogP) is 1.96. The molecule has 0 spiro atoms. The molecule has 0 radical (unpaired) electrons. The van der Waals surface area contributed by atoms with Crippen LogP contribution in [0.15, 0.2) is 0 Å². The second kappa shape index (κ2) is 5.03. The van der Waals surface area contributed by atoms with Gasteiger partial charge in [-0.3, -0.25) is 0 Å². The molecule has 0 unspecified atom stereocenters. The number of aliphatic hydroxyl groups is 1. The standard InChI is InChI=1S/C8H18OS/c1-4-7(5-9)8(10)6(2)3/h6-10H,4-5H2,1-3H3/t7-,8+/m0/s1. The number of aliphatic hydroxyl groups excluding tert-OH is 1. The van der Waals surface area contributed by atoms with Crippen LogP contribution < -0.4 is 0 Å². The summed E-state index contributed by atoms with van der Waals surface area (Å²) < 4.78 is 0. The summed E-state index contributed by atoms with van der Waals surface area (Å²) in [6, 6.07) is 0. The molecular formula is C8H18OS. The van der Waals surface area contributed by atoms with Crippen LogP contribution in [0.2, 0.25) is 0 Å². The molecule has 2 heteroatoms. The van der Waals surface area contributed by atoms with E-state index in [-0.39, 0.29) is 6.61 Å². The molecule has 1 nitrogen and oxygen atoms in total. The molecule has 0 saturated heterocycles. The summed E-state index contributed by atoms with van der Waals surface area (Å²) in [4.78, 5) is 0. The van der Waals surface area contributed by atoms with E-state index in [9.17, 15) is 0 Å². The van der Waals surface area contributed by atoms with E-state index >= 15 is 0 Å². The van der Waals surface area contributed by atoms with Crippen LogP contribution in [0.5, 0.6) is 0 Å². The van der Waals surface area contributed by atoms with E-state index in [4.69, 9.17) is 5.11 Å². The lowest BCUT2D eigenvalue weighted by Gasteiger charge is -2.22. The molecular weight excluding hydrogens is 144 g/mol. The SMILES string of the molecule is CC[C@@H](CO)[C@H](S)C(C)C. The molecule has 1 N–H and O–H groups in total. The van der Waals surface area contributed by atoms with Crippen molar-refractivity contribution >= 4 is 12.6 Å². The van der Waals surface area contributed by atoms with Crippen molar-refractivity contribution in [2.75, 3.05) is 6.61 Å². The van der Waals surface area contributed by atoms with E-state index in [2.05, 4.69) is 33.4 Å². The molecule has 0 saturated carbocycles. The normalized spacial score (nSPS) is 17.4. The average Bonchev–Trinajstić information content (AvgIpc) is 1.90. The zero-order chi connectivity index (χ0) is 8.15. The lowest BCUT2D eigenvalue weighted by molar-refractivity contribution is 0.208. The van der Waals surface area contributed by atoms with Crippen LogP contribution in [0.4, 0.5) is 0 Å². The minimum atomic E-state index is 0.267. The van der Waals surface area contributed by atoms with Gasteiger partial charge < -0.3 is 5.11 Å². The summed E-state index contributed by atoms with van der Waals surface area (Å²) in [5, 5.41) is 9.24. The average molecular weight is 162 g/mol. The van der Waals surface area contributed by atoms with Gasteiger partial charge in [-0.2, -0.15) is 12.6 Å². The van der Waals surface area contributed by atoms with Gasteiger partial charge in [0, 0.05) is 11.9 Å². The van der Waals surface area contributed by atoms with Crippen molar-refractivity contribution in [2.24, 2.45) is 11.8 Å². The Morgan fingerprint density at radius 3 is 2.00 bits per heavy atom. The first kappa shape index (κ1) is 10.3. The Morgan fingerprint density at radius 1 is 1.40 bits per heavy atom. The van der Waals surface area contributed by atoms with Gasteiger partial charge >= 0.3 is 0 Å². The summed E-state index contributed by atoms with van der Waals surface area (Å²) in [7, 11) is 0. The van der Waals surface area contributed by atoms with Gasteiger partial charge in [-0.25, -0.2) is 0 Å². The van der Waals surface area contributed by atoms with E-state index in [1.165, 1.54) is 0 Å². The highest BCUT2D eigenvalue weighted by Gasteiger charge is 2.17. The highest BCUT2D eigenvalue weighted by atomic mass is 32.1. The van der Waals surface area contributed by atoms with Crippen LogP contribution in [-0.2, 0) is 0 Å². The Labute approximate surface area is 69.2 Å². The smallest absolute Gasteiger partial charge is 0.0469 e. The van der Waals surface area contributed by atoms with Gasteiger partial charge in [-0.1, -0.05) is 27.2 Å². The summed E-state index contributed by atoms with van der Waals surface area (Å²) >= 11 is 4.42. The van der Waals surface area contributed by atoms with Crippen molar-refractivity contribution < 1.29 is 5.11 Å². The minimum Gasteiger partial charge on any atom is -0.396 e. The molecule has 0 aliphatic rings. The Hall–Kier alpha value is 0.310. The zero-order valence-electron chi connectivity index (χ0n) is 7.04. The third-order valence-corrected chi connectivity index (χ3v) is 2.94. The molecule has 0 heterocycles. The summed E-state index contributed by atoms with van der Waals surface area (Å²) in [5.41, 5.74) is 0. The highest BCUT2D eigenvalue weighted by molar-refractivity contribution is 7.81. The number of thiol groups is 1. The van der Waals surface area contributed by atoms with E-state index in [0.717, 1.165) is 6.42 Å². The van der Waals surface area contributed by atoms with Crippen molar-refractivity contribution in [3.8, 4) is 0 Å². The summed E-state index contributed by atoms with van der Waals surface area (Å²) in [5.74, 6) is 0.920. The lowest BCUT2D eigenvalue weighted by Crippen LogP contribution is -2.23. The molecule has 0 aromatic heterocycles. The Bertz CT molecular complexity index is 79.3. The van der Waals surface area contributed by atoms with Gasteiger partial charge in [0.25, 0.3) is 0 Å². The van der Waals surface area contributed by atoms with Gasteiger partial charge in [-0.15, -0.1) is 0 Å².